The van der Waals surface area contributed by atoms with Crippen LogP contribution in [0.3, 0.4) is 0 Å². The second-order valence-electron chi connectivity index (χ2n) is 3.72. The van der Waals surface area contributed by atoms with Gasteiger partial charge in [0.05, 0.1) is 16.3 Å². The smallest absolute Gasteiger partial charge is 0.200 e. The molecule has 2 heterocycles. The number of Topliss-reactive ketones (excluding diaryl/α,β-unsaturated/α-hetero) is 1. The zero-order chi connectivity index (χ0) is 11.0. The molecule has 1 aliphatic heterocycles. The number of hydrogen-bond acceptors (Lipinski definition) is 5. The van der Waals surface area contributed by atoms with E-state index in [1.807, 2.05) is 19.5 Å². The molecule has 4 nitrogen and oxygen atoms in total. The third-order valence-electron chi connectivity index (χ3n) is 2.71. The molecule has 0 aliphatic carbocycles. The van der Waals surface area contributed by atoms with Gasteiger partial charge in [0.25, 0.3) is 0 Å². The molecule has 0 spiro atoms. The number of carbonyl (C=O) groups excluding carboxylic acids is 1. The van der Waals surface area contributed by atoms with E-state index in [0.29, 0.717) is 4.88 Å². The Labute approximate surface area is 92.7 Å². The normalized spacial score (nSPS) is 15.4. The maximum absolute atomic E-state index is 11.5. The highest BCUT2D eigenvalue weighted by molar-refractivity contribution is 7.13. The fourth-order valence-electron chi connectivity index (χ4n) is 1.78. The Balaban J connectivity index is 2.47. The Kier molecular flexibility index (Phi) is 2.67. The van der Waals surface area contributed by atoms with Crippen LogP contribution in [0.2, 0.25) is 0 Å². The summed E-state index contributed by atoms with van der Waals surface area (Å²) >= 11 is 1.41. The summed E-state index contributed by atoms with van der Waals surface area (Å²) < 4.78 is 0. The summed E-state index contributed by atoms with van der Waals surface area (Å²) in [6.07, 6.45) is 0. The minimum absolute atomic E-state index is 0.191. The SMILES string of the molecule is CN1CCN(C)c2c1csc2C(=O)CO. The molecule has 1 aliphatic rings. The number of rotatable bonds is 2. The van der Waals surface area contributed by atoms with Gasteiger partial charge in [0.15, 0.2) is 5.78 Å². The van der Waals surface area contributed by atoms with Gasteiger partial charge < -0.3 is 14.9 Å². The maximum Gasteiger partial charge on any atom is 0.200 e. The highest BCUT2D eigenvalue weighted by Gasteiger charge is 2.25. The number of thiophene rings is 1. The lowest BCUT2D eigenvalue weighted by molar-refractivity contribution is 0.0908. The lowest BCUT2D eigenvalue weighted by atomic mass is 10.2. The Morgan fingerprint density at radius 3 is 2.80 bits per heavy atom. The second kappa shape index (κ2) is 3.83. The molecule has 0 aromatic carbocycles. The summed E-state index contributed by atoms with van der Waals surface area (Å²) in [6, 6.07) is 0. The van der Waals surface area contributed by atoms with Gasteiger partial charge in [0, 0.05) is 32.6 Å². The van der Waals surface area contributed by atoms with Crippen LogP contribution >= 0.6 is 11.3 Å². The average Bonchev–Trinajstić information content (AvgIpc) is 2.68. The monoisotopic (exact) mass is 226 g/mol. The maximum atomic E-state index is 11.5. The molecule has 0 amide bonds. The third-order valence-corrected chi connectivity index (χ3v) is 3.70. The van der Waals surface area contributed by atoms with Crippen LogP contribution < -0.4 is 9.80 Å². The van der Waals surface area contributed by atoms with Crippen LogP contribution in [0.15, 0.2) is 5.38 Å². The van der Waals surface area contributed by atoms with Crippen molar-refractivity contribution < 1.29 is 9.90 Å². The Hall–Kier alpha value is -1.07. The lowest BCUT2D eigenvalue weighted by Crippen LogP contribution is -2.36. The van der Waals surface area contributed by atoms with Crippen molar-refractivity contribution >= 4 is 28.5 Å². The van der Waals surface area contributed by atoms with Gasteiger partial charge in [-0.25, -0.2) is 0 Å². The van der Waals surface area contributed by atoms with Gasteiger partial charge in [-0.3, -0.25) is 4.79 Å². The van der Waals surface area contributed by atoms with Crippen LogP contribution in [-0.4, -0.2) is 44.7 Å². The van der Waals surface area contributed by atoms with Crippen LogP contribution in [0.5, 0.6) is 0 Å². The number of hydrogen-bond donors (Lipinski definition) is 1. The van der Waals surface area contributed by atoms with Gasteiger partial charge in [-0.1, -0.05) is 0 Å². The minimum atomic E-state index is -0.412. The molecule has 1 aromatic heterocycles. The first-order valence-corrected chi connectivity index (χ1v) is 5.71. The molecule has 0 atom stereocenters. The Morgan fingerprint density at radius 2 is 2.13 bits per heavy atom. The van der Waals surface area contributed by atoms with Crippen molar-refractivity contribution in [1.82, 2.24) is 0 Å². The average molecular weight is 226 g/mol. The van der Waals surface area contributed by atoms with Crippen molar-refractivity contribution in [2.45, 2.75) is 0 Å². The highest BCUT2D eigenvalue weighted by Crippen LogP contribution is 2.39. The van der Waals surface area contributed by atoms with E-state index in [1.54, 1.807) is 0 Å². The molecule has 5 heteroatoms. The zero-order valence-electron chi connectivity index (χ0n) is 8.86. The number of carbonyl (C=O) groups is 1. The summed E-state index contributed by atoms with van der Waals surface area (Å²) in [5, 5.41) is 10.9. The quantitative estimate of drug-likeness (QED) is 0.758. The van der Waals surface area contributed by atoms with E-state index < -0.39 is 6.61 Å². The molecule has 2 rings (SSSR count). The summed E-state index contributed by atoms with van der Waals surface area (Å²) in [5.41, 5.74) is 2.05. The minimum Gasteiger partial charge on any atom is -0.388 e. The fraction of sp³-hybridized carbons (Fsp3) is 0.500. The van der Waals surface area contributed by atoms with Crippen LogP contribution in [0, 0.1) is 0 Å². The van der Waals surface area contributed by atoms with Gasteiger partial charge in [-0.2, -0.15) is 0 Å². The first-order chi connectivity index (χ1) is 7.15. The first kappa shape index (κ1) is 10.4. The Morgan fingerprint density at radius 1 is 1.47 bits per heavy atom. The van der Waals surface area contributed by atoms with Crippen molar-refractivity contribution in [2.75, 3.05) is 43.6 Å². The molecule has 82 valence electrons. The number of ketones is 1. The topological polar surface area (TPSA) is 43.8 Å². The summed E-state index contributed by atoms with van der Waals surface area (Å²) in [6.45, 7) is 1.46. The number of likely N-dealkylation sites (N-methyl/N-ethyl adjacent to an activating group) is 2. The van der Waals surface area contributed by atoms with E-state index in [-0.39, 0.29) is 5.78 Å². The van der Waals surface area contributed by atoms with Crippen molar-refractivity contribution in [3.8, 4) is 0 Å². The van der Waals surface area contributed by atoms with Crippen molar-refractivity contribution in [3.05, 3.63) is 10.3 Å². The van der Waals surface area contributed by atoms with Crippen LogP contribution in [-0.2, 0) is 0 Å². The van der Waals surface area contributed by atoms with Gasteiger partial charge >= 0.3 is 0 Å². The van der Waals surface area contributed by atoms with Gasteiger partial charge in [0.2, 0.25) is 0 Å². The Bertz CT molecular complexity index is 389. The van der Waals surface area contributed by atoms with E-state index in [9.17, 15) is 4.79 Å². The number of fused-ring (bicyclic) bond motifs is 1. The van der Waals surface area contributed by atoms with Gasteiger partial charge in [-0.05, 0) is 0 Å². The van der Waals surface area contributed by atoms with E-state index in [1.165, 1.54) is 11.3 Å². The largest absolute Gasteiger partial charge is 0.388 e. The predicted octanol–water partition coefficient (Wildman–Crippen LogP) is 0.809. The molecule has 0 saturated carbocycles. The molecule has 15 heavy (non-hydrogen) atoms. The van der Waals surface area contributed by atoms with E-state index in [4.69, 9.17) is 5.11 Å². The molecule has 0 bridgehead atoms. The molecular weight excluding hydrogens is 212 g/mol. The van der Waals surface area contributed by atoms with Crippen LogP contribution in [0.25, 0.3) is 0 Å². The van der Waals surface area contributed by atoms with Crippen molar-refractivity contribution in [3.63, 3.8) is 0 Å². The summed E-state index contributed by atoms with van der Waals surface area (Å²) in [5.74, 6) is -0.191. The van der Waals surface area contributed by atoms with Crippen LogP contribution in [0.4, 0.5) is 11.4 Å². The third kappa shape index (κ3) is 1.61. The van der Waals surface area contributed by atoms with Gasteiger partial charge in [0.1, 0.15) is 6.61 Å². The first-order valence-electron chi connectivity index (χ1n) is 4.83. The summed E-state index contributed by atoms with van der Waals surface area (Å²) in [4.78, 5) is 16.4. The molecule has 0 radical (unpaired) electrons. The standard InChI is InChI=1S/C10H14N2O2S/c1-11-3-4-12(2)9-7(11)6-15-10(9)8(14)5-13/h6,13H,3-5H2,1-2H3. The van der Waals surface area contributed by atoms with E-state index in [2.05, 4.69) is 9.80 Å². The molecule has 1 N–H and O–H groups in total. The molecule has 0 unspecified atom stereocenters. The number of nitrogens with zero attached hydrogens (tertiary/aromatic N) is 2. The van der Waals surface area contributed by atoms with E-state index >= 15 is 0 Å². The van der Waals surface area contributed by atoms with Crippen molar-refractivity contribution in [1.29, 1.82) is 0 Å². The second-order valence-corrected chi connectivity index (χ2v) is 4.60. The molecular formula is C10H14N2O2S. The molecule has 1 aromatic rings. The van der Waals surface area contributed by atoms with Gasteiger partial charge in [-0.15, -0.1) is 11.3 Å². The zero-order valence-corrected chi connectivity index (χ0v) is 9.67. The molecule has 0 saturated heterocycles. The molecule has 0 fully saturated rings. The number of aliphatic hydroxyl groups is 1. The fourth-order valence-corrected chi connectivity index (χ4v) is 2.87. The lowest BCUT2D eigenvalue weighted by Gasteiger charge is -2.32. The van der Waals surface area contributed by atoms with E-state index in [0.717, 1.165) is 24.5 Å². The van der Waals surface area contributed by atoms with Crippen LogP contribution in [0.1, 0.15) is 9.67 Å². The van der Waals surface area contributed by atoms with Crippen molar-refractivity contribution in [2.24, 2.45) is 0 Å². The number of aliphatic hydroxyl groups excluding tert-OH is 1. The number of anilines is 2. The highest BCUT2D eigenvalue weighted by atomic mass is 32.1. The summed E-state index contributed by atoms with van der Waals surface area (Å²) in [7, 11) is 4.00. The predicted molar refractivity (Wildman–Crippen MR) is 62.3 cm³/mol.